The molecule has 0 N–H and O–H groups in total. The predicted molar refractivity (Wildman–Crippen MR) is 125 cm³/mol. The van der Waals surface area contributed by atoms with Gasteiger partial charge in [-0.3, -0.25) is 0 Å². The first kappa shape index (κ1) is 21.8. The van der Waals surface area contributed by atoms with E-state index in [1.165, 1.54) is 69.8 Å². The first-order valence-corrected chi connectivity index (χ1v) is 11.6. The molecule has 0 radical (unpaired) electrons. The van der Waals surface area contributed by atoms with Crippen molar-refractivity contribution in [2.24, 2.45) is 11.8 Å². The SMILES string of the molecule is CCC[C@H]1CC[C@H](CCc2ccc3c(F)c(-c4ccc(OC)c(F)c4)ccc3c2)CC1. The number of fused-ring (bicyclic) bond motifs is 1. The van der Waals surface area contributed by atoms with Crippen LogP contribution in [-0.2, 0) is 6.42 Å². The first-order valence-electron chi connectivity index (χ1n) is 11.6. The lowest BCUT2D eigenvalue weighted by Crippen LogP contribution is -2.15. The highest BCUT2D eigenvalue weighted by atomic mass is 19.1. The summed E-state index contributed by atoms with van der Waals surface area (Å²) in [5.74, 6) is 1.14. The second kappa shape index (κ2) is 9.80. The van der Waals surface area contributed by atoms with E-state index in [0.29, 0.717) is 16.5 Å². The molecule has 0 aromatic heterocycles. The quantitative estimate of drug-likeness (QED) is 0.372. The molecule has 1 nitrogen and oxygen atoms in total. The molecule has 0 amide bonds. The molecule has 1 saturated carbocycles. The maximum absolute atomic E-state index is 15.2. The van der Waals surface area contributed by atoms with Gasteiger partial charge < -0.3 is 4.74 Å². The molecule has 1 aliphatic carbocycles. The summed E-state index contributed by atoms with van der Waals surface area (Å²) in [6, 6.07) is 14.3. The fraction of sp³-hybridized carbons (Fsp3) is 0.429. The average molecular weight is 423 g/mol. The Kier molecular flexibility index (Phi) is 6.89. The van der Waals surface area contributed by atoms with Crippen LogP contribution in [-0.4, -0.2) is 7.11 Å². The third-order valence-corrected chi connectivity index (χ3v) is 6.99. The zero-order chi connectivity index (χ0) is 21.8. The summed E-state index contributed by atoms with van der Waals surface area (Å²) >= 11 is 0. The number of benzene rings is 3. The third kappa shape index (κ3) is 4.92. The minimum atomic E-state index is -0.487. The summed E-state index contributed by atoms with van der Waals surface area (Å²) < 4.78 is 34.3. The van der Waals surface area contributed by atoms with Crippen molar-refractivity contribution in [3.63, 3.8) is 0 Å². The normalized spacial score (nSPS) is 19.0. The van der Waals surface area contributed by atoms with Gasteiger partial charge in [0.25, 0.3) is 0 Å². The van der Waals surface area contributed by atoms with Crippen molar-refractivity contribution in [1.82, 2.24) is 0 Å². The number of rotatable bonds is 7. The van der Waals surface area contributed by atoms with E-state index in [9.17, 15) is 4.39 Å². The number of halogens is 2. The lowest BCUT2D eigenvalue weighted by Gasteiger charge is -2.28. The predicted octanol–water partition coefficient (Wildman–Crippen LogP) is 8.33. The zero-order valence-electron chi connectivity index (χ0n) is 18.6. The number of hydrogen-bond acceptors (Lipinski definition) is 1. The highest BCUT2D eigenvalue weighted by Gasteiger charge is 2.20. The Morgan fingerprint density at radius 2 is 1.61 bits per heavy atom. The van der Waals surface area contributed by atoms with E-state index >= 15 is 4.39 Å². The maximum Gasteiger partial charge on any atom is 0.165 e. The minimum absolute atomic E-state index is 0.161. The first-order chi connectivity index (χ1) is 15.1. The Hall–Kier alpha value is -2.42. The Bertz CT molecular complexity index is 1030. The molecular formula is C28H32F2O. The topological polar surface area (TPSA) is 9.23 Å². The molecule has 0 spiro atoms. The van der Waals surface area contributed by atoms with Crippen molar-refractivity contribution in [1.29, 1.82) is 0 Å². The van der Waals surface area contributed by atoms with Gasteiger partial charge in [-0.25, -0.2) is 8.78 Å². The molecule has 3 aromatic carbocycles. The van der Waals surface area contributed by atoms with E-state index in [1.807, 2.05) is 18.2 Å². The standard InChI is InChI=1S/C28H32F2O/c1-3-4-19-5-7-20(8-6-19)9-10-21-11-14-24-22(17-21)12-15-25(28(24)30)23-13-16-27(31-2)26(29)18-23/h11-20H,3-10H2,1-2H3/t19-,20-. The van der Waals surface area contributed by atoms with Crippen LogP contribution in [0.4, 0.5) is 8.78 Å². The van der Waals surface area contributed by atoms with Crippen LogP contribution in [0.1, 0.15) is 57.4 Å². The molecule has 164 valence electrons. The summed E-state index contributed by atoms with van der Waals surface area (Å²) in [5, 5.41) is 1.48. The summed E-state index contributed by atoms with van der Waals surface area (Å²) in [6.45, 7) is 2.28. The van der Waals surface area contributed by atoms with E-state index in [1.54, 1.807) is 12.1 Å². The van der Waals surface area contributed by atoms with Crippen LogP contribution in [0.15, 0.2) is 48.5 Å². The van der Waals surface area contributed by atoms with Gasteiger partial charge in [-0.1, -0.05) is 81.8 Å². The second-order valence-electron chi connectivity index (χ2n) is 9.05. The molecule has 1 aliphatic rings. The van der Waals surface area contributed by atoms with E-state index in [0.717, 1.165) is 23.6 Å². The van der Waals surface area contributed by atoms with Crippen molar-refractivity contribution in [2.75, 3.05) is 7.11 Å². The van der Waals surface area contributed by atoms with Crippen LogP contribution in [0.25, 0.3) is 21.9 Å². The van der Waals surface area contributed by atoms with E-state index in [4.69, 9.17) is 4.74 Å². The third-order valence-electron chi connectivity index (χ3n) is 6.99. The van der Waals surface area contributed by atoms with E-state index < -0.39 is 5.82 Å². The monoisotopic (exact) mass is 422 g/mol. The van der Waals surface area contributed by atoms with Crippen molar-refractivity contribution < 1.29 is 13.5 Å². The molecule has 0 heterocycles. The molecule has 4 rings (SSSR count). The van der Waals surface area contributed by atoms with Gasteiger partial charge >= 0.3 is 0 Å². The van der Waals surface area contributed by atoms with Crippen LogP contribution in [0, 0.1) is 23.5 Å². The molecule has 0 atom stereocenters. The van der Waals surface area contributed by atoms with Gasteiger partial charge in [0, 0.05) is 10.9 Å². The molecule has 0 unspecified atom stereocenters. The van der Waals surface area contributed by atoms with Crippen molar-refractivity contribution in [3.05, 3.63) is 65.7 Å². The highest BCUT2D eigenvalue weighted by Crippen LogP contribution is 2.35. The van der Waals surface area contributed by atoms with Crippen LogP contribution < -0.4 is 4.74 Å². The van der Waals surface area contributed by atoms with Gasteiger partial charge in [0.05, 0.1) is 7.11 Å². The Morgan fingerprint density at radius 1 is 0.871 bits per heavy atom. The smallest absolute Gasteiger partial charge is 0.165 e. The summed E-state index contributed by atoms with van der Waals surface area (Å²) in [7, 11) is 1.42. The van der Waals surface area contributed by atoms with Gasteiger partial charge in [0.1, 0.15) is 5.82 Å². The molecular weight excluding hydrogens is 390 g/mol. The summed E-state index contributed by atoms with van der Waals surface area (Å²) in [4.78, 5) is 0. The lowest BCUT2D eigenvalue weighted by molar-refractivity contribution is 0.252. The Morgan fingerprint density at radius 3 is 2.29 bits per heavy atom. The van der Waals surface area contributed by atoms with Crippen LogP contribution in [0.2, 0.25) is 0 Å². The molecule has 0 bridgehead atoms. The number of ether oxygens (including phenoxy) is 1. The average Bonchev–Trinajstić information content (AvgIpc) is 2.79. The van der Waals surface area contributed by atoms with Crippen molar-refractivity contribution >= 4 is 10.8 Å². The van der Waals surface area contributed by atoms with Crippen LogP contribution >= 0.6 is 0 Å². The molecule has 31 heavy (non-hydrogen) atoms. The van der Waals surface area contributed by atoms with Gasteiger partial charge in [-0.15, -0.1) is 0 Å². The number of aryl methyl sites for hydroxylation is 1. The molecule has 1 fully saturated rings. The lowest BCUT2D eigenvalue weighted by atomic mass is 9.78. The van der Waals surface area contributed by atoms with Crippen LogP contribution in [0.5, 0.6) is 5.75 Å². The van der Waals surface area contributed by atoms with Gasteiger partial charge in [0.15, 0.2) is 11.6 Å². The summed E-state index contributed by atoms with van der Waals surface area (Å²) in [6.07, 6.45) is 10.4. The molecule has 3 aromatic rings. The van der Waals surface area contributed by atoms with Gasteiger partial charge in [0.2, 0.25) is 0 Å². The molecule has 3 heteroatoms. The Balaban J connectivity index is 1.47. The summed E-state index contributed by atoms with van der Waals surface area (Å²) in [5.41, 5.74) is 2.19. The fourth-order valence-electron chi connectivity index (χ4n) is 5.14. The van der Waals surface area contributed by atoms with Gasteiger partial charge in [-0.2, -0.15) is 0 Å². The fourth-order valence-corrected chi connectivity index (χ4v) is 5.14. The number of methoxy groups -OCH3 is 1. The molecule has 0 aliphatic heterocycles. The van der Waals surface area contributed by atoms with Crippen molar-refractivity contribution in [3.8, 4) is 16.9 Å². The maximum atomic E-state index is 15.2. The minimum Gasteiger partial charge on any atom is -0.494 e. The largest absolute Gasteiger partial charge is 0.494 e. The second-order valence-corrected chi connectivity index (χ2v) is 9.05. The zero-order valence-corrected chi connectivity index (χ0v) is 18.6. The van der Waals surface area contributed by atoms with Crippen molar-refractivity contribution in [2.45, 2.75) is 58.3 Å². The van der Waals surface area contributed by atoms with Gasteiger partial charge in [-0.05, 0) is 53.3 Å². The van der Waals surface area contributed by atoms with E-state index in [2.05, 4.69) is 13.0 Å². The number of hydrogen-bond donors (Lipinski definition) is 0. The van der Waals surface area contributed by atoms with Crippen LogP contribution in [0.3, 0.4) is 0 Å². The Labute approximate surface area is 184 Å². The molecule has 0 saturated heterocycles. The highest BCUT2D eigenvalue weighted by molar-refractivity contribution is 5.88. The van der Waals surface area contributed by atoms with E-state index in [-0.39, 0.29) is 11.6 Å².